The van der Waals surface area contributed by atoms with Gasteiger partial charge in [-0.2, -0.15) is 0 Å². The van der Waals surface area contributed by atoms with Gasteiger partial charge in [-0.25, -0.2) is 4.99 Å². The monoisotopic (exact) mass is 355 g/mol. The van der Waals surface area contributed by atoms with Gasteiger partial charge in [-0.1, -0.05) is 61.5 Å². The van der Waals surface area contributed by atoms with Gasteiger partial charge in [0.1, 0.15) is 0 Å². The second-order valence-electron chi connectivity index (χ2n) is 6.05. The molecule has 0 fully saturated rings. The Balaban J connectivity index is 2.05. The third-order valence-corrected chi connectivity index (χ3v) is 5.16. The van der Waals surface area contributed by atoms with Crippen LogP contribution in [0.5, 0.6) is 0 Å². The van der Waals surface area contributed by atoms with Gasteiger partial charge in [0.15, 0.2) is 0 Å². The maximum absolute atomic E-state index is 4.81. The van der Waals surface area contributed by atoms with Crippen molar-refractivity contribution in [1.82, 2.24) is 0 Å². The fourth-order valence-corrected chi connectivity index (χ4v) is 3.82. The molecule has 0 atom stereocenters. The molecular formula is C21H25NS2. The summed E-state index contributed by atoms with van der Waals surface area (Å²) in [5.74, 6) is 1.82. The van der Waals surface area contributed by atoms with Crippen LogP contribution in [-0.2, 0) is 0 Å². The van der Waals surface area contributed by atoms with Gasteiger partial charge in [0.2, 0.25) is 0 Å². The number of nitrogens with zero attached hydrogens (tertiary/aromatic N) is 1. The van der Waals surface area contributed by atoms with Crippen molar-refractivity contribution in [3.63, 3.8) is 0 Å². The lowest BCUT2D eigenvalue weighted by Gasteiger charge is -2.05. The highest BCUT2D eigenvalue weighted by atomic mass is 32.2. The number of aliphatic imine (C=N–C) groups is 1. The van der Waals surface area contributed by atoms with Gasteiger partial charge in [0.05, 0.1) is 10.7 Å². The molecule has 2 aromatic rings. The number of hydrogen-bond acceptors (Lipinski definition) is 3. The largest absolute Gasteiger partial charge is 0.242 e. The highest BCUT2D eigenvalue weighted by molar-refractivity contribution is 8.14. The maximum atomic E-state index is 4.81. The first-order valence-corrected chi connectivity index (χ1v) is 10.2. The Morgan fingerprint density at radius 3 is 2.42 bits per heavy atom. The van der Waals surface area contributed by atoms with Crippen LogP contribution < -0.4 is 0 Å². The SMILES string of the molecule is Cc1ccc(N=C(C=CSc2ccccc2)SCCC(C)C)cc1. The number of rotatable bonds is 7. The van der Waals surface area contributed by atoms with Crippen LogP contribution in [0.1, 0.15) is 25.8 Å². The smallest absolute Gasteiger partial charge is 0.0972 e. The molecule has 2 aromatic carbocycles. The Bertz CT molecular complexity index is 658. The third-order valence-electron chi connectivity index (χ3n) is 3.38. The Morgan fingerprint density at radius 2 is 1.75 bits per heavy atom. The fourth-order valence-electron chi connectivity index (χ4n) is 1.93. The van der Waals surface area contributed by atoms with Gasteiger partial charge >= 0.3 is 0 Å². The van der Waals surface area contributed by atoms with Crippen LogP contribution in [0.4, 0.5) is 5.69 Å². The molecule has 0 aliphatic carbocycles. The molecule has 0 radical (unpaired) electrons. The van der Waals surface area contributed by atoms with Crippen molar-refractivity contribution in [2.45, 2.75) is 32.1 Å². The molecule has 126 valence electrons. The van der Waals surface area contributed by atoms with Crippen LogP contribution in [0.2, 0.25) is 0 Å². The Hall–Kier alpha value is -1.45. The first kappa shape index (κ1) is 18.9. The molecular weight excluding hydrogens is 330 g/mol. The van der Waals surface area contributed by atoms with Crippen molar-refractivity contribution in [3.8, 4) is 0 Å². The second-order valence-corrected chi connectivity index (χ2v) is 8.14. The van der Waals surface area contributed by atoms with Gasteiger partial charge < -0.3 is 0 Å². The molecule has 0 amide bonds. The van der Waals surface area contributed by atoms with Crippen molar-refractivity contribution < 1.29 is 0 Å². The zero-order valence-corrected chi connectivity index (χ0v) is 16.2. The van der Waals surface area contributed by atoms with Crippen molar-refractivity contribution in [1.29, 1.82) is 0 Å². The highest BCUT2D eigenvalue weighted by Crippen LogP contribution is 2.22. The van der Waals surface area contributed by atoms with Crippen LogP contribution in [-0.4, -0.2) is 10.8 Å². The van der Waals surface area contributed by atoms with E-state index in [0.29, 0.717) is 0 Å². The van der Waals surface area contributed by atoms with Crippen molar-refractivity contribution in [3.05, 3.63) is 71.6 Å². The van der Waals surface area contributed by atoms with Crippen LogP contribution in [0.25, 0.3) is 0 Å². The minimum absolute atomic E-state index is 0.723. The number of benzene rings is 2. The predicted molar refractivity (Wildman–Crippen MR) is 112 cm³/mol. The van der Waals surface area contributed by atoms with Gasteiger partial charge in [0, 0.05) is 4.90 Å². The Labute approximate surface area is 154 Å². The average Bonchev–Trinajstić information content (AvgIpc) is 2.57. The summed E-state index contributed by atoms with van der Waals surface area (Å²) in [5, 5.41) is 3.20. The quantitative estimate of drug-likeness (QED) is 0.298. The van der Waals surface area contributed by atoms with E-state index < -0.39 is 0 Å². The van der Waals surface area contributed by atoms with Crippen LogP contribution in [0, 0.1) is 12.8 Å². The molecule has 0 N–H and O–H groups in total. The van der Waals surface area contributed by atoms with E-state index in [-0.39, 0.29) is 0 Å². The minimum atomic E-state index is 0.723. The molecule has 0 unspecified atom stereocenters. The number of hydrogen-bond donors (Lipinski definition) is 0. The first-order chi connectivity index (χ1) is 11.6. The molecule has 0 heterocycles. The van der Waals surface area contributed by atoms with Crippen molar-refractivity contribution >= 4 is 34.3 Å². The maximum Gasteiger partial charge on any atom is 0.0972 e. The van der Waals surface area contributed by atoms with Gasteiger partial charge in [0.25, 0.3) is 0 Å². The van der Waals surface area contributed by atoms with Crippen molar-refractivity contribution in [2.24, 2.45) is 10.9 Å². The summed E-state index contributed by atoms with van der Waals surface area (Å²) in [6.45, 7) is 6.62. The first-order valence-electron chi connectivity index (χ1n) is 8.30. The summed E-state index contributed by atoms with van der Waals surface area (Å²) in [5.41, 5.74) is 2.28. The van der Waals surface area contributed by atoms with E-state index >= 15 is 0 Å². The molecule has 3 heteroatoms. The lowest BCUT2D eigenvalue weighted by Crippen LogP contribution is -1.94. The van der Waals surface area contributed by atoms with E-state index in [9.17, 15) is 0 Å². The zero-order chi connectivity index (χ0) is 17.2. The number of thioether (sulfide) groups is 2. The van der Waals surface area contributed by atoms with Crippen LogP contribution in [0.3, 0.4) is 0 Å². The predicted octanol–water partition coefficient (Wildman–Crippen LogP) is 7.11. The topological polar surface area (TPSA) is 12.4 Å². The molecule has 2 rings (SSSR count). The van der Waals surface area contributed by atoms with Gasteiger partial charge in [-0.05, 0) is 60.8 Å². The number of aryl methyl sites for hydroxylation is 1. The second kappa shape index (κ2) is 10.4. The lowest BCUT2D eigenvalue weighted by atomic mass is 10.2. The molecule has 0 spiro atoms. The zero-order valence-electron chi connectivity index (χ0n) is 14.6. The summed E-state index contributed by atoms with van der Waals surface area (Å²) in [6.07, 6.45) is 3.33. The molecule has 0 aromatic heterocycles. The third kappa shape index (κ3) is 7.41. The summed E-state index contributed by atoms with van der Waals surface area (Å²) in [7, 11) is 0. The van der Waals surface area contributed by atoms with E-state index in [2.05, 4.69) is 80.8 Å². The molecule has 0 saturated heterocycles. The van der Waals surface area contributed by atoms with Gasteiger partial charge in [-0.3, -0.25) is 0 Å². The van der Waals surface area contributed by atoms with E-state index in [0.717, 1.165) is 22.4 Å². The average molecular weight is 356 g/mol. The lowest BCUT2D eigenvalue weighted by molar-refractivity contribution is 0.632. The molecule has 0 bridgehead atoms. The summed E-state index contributed by atoms with van der Waals surface area (Å²) in [6, 6.07) is 18.8. The standard InChI is InChI=1S/C21H25NS2/c1-17(2)13-15-24-21(22-19-11-9-18(3)10-12-19)14-16-23-20-7-5-4-6-8-20/h4-12,14,16-17H,13,15H2,1-3H3. The fraction of sp³-hybridized carbons (Fsp3) is 0.286. The molecule has 24 heavy (non-hydrogen) atoms. The normalized spacial score (nSPS) is 12.2. The highest BCUT2D eigenvalue weighted by Gasteiger charge is 2.00. The van der Waals surface area contributed by atoms with E-state index in [1.54, 1.807) is 11.8 Å². The molecule has 0 saturated carbocycles. The van der Waals surface area contributed by atoms with E-state index in [4.69, 9.17) is 4.99 Å². The van der Waals surface area contributed by atoms with Crippen molar-refractivity contribution in [2.75, 3.05) is 5.75 Å². The Kier molecular flexibility index (Phi) is 8.20. The molecule has 1 nitrogen and oxygen atoms in total. The Morgan fingerprint density at radius 1 is 1.04 bits per heavy atom. The summed E-state index contributed by atoms with van der Waals surface area (Å²) in [4.78, 5) is 6.05. The minimum Gasteiger partial charge on any atom is -0.242 e. The summed E-state index contributed by atoms with van der Waals surface area (Å²) < 4.78 is 0. The van der Waals surface area contributed by atoms with Gasteiger partial charge in [-0.15, -0.1) is 11.8 Å². The molecule has 0 aliphatic rings. The van der Waals surface area contributed by atoms with Crippen LogP contribution in [0.15, 0.2) is 76.0 Å². The van der Waals surface area contributed by atoms with E-state index in [1.807, 2.05) is 17.8 Å². The van der Waals surface area contributed by atoms with Crippen LogP contribution >= 0.6 is 23.5 Å². The van der Waals surface area contributed by atoms with E-state index in [1.165, 1.54) is 16.9 Å². The summed E-state index contributed by atoms with van der Waals surface area (Å²) >= 11 is 3.56. The molecule has 0 aliphatic heterocycles.